The van der Waals surface area contributed by atoms with Gasteiger partial charge in [-0.15, -0.1) is 0 Å². The molecule has 2 nitrogen and oxygen atoms in total. The van der Waals surface area contributed by atoms with Crippen molar-refractivity contribution in [3.8, 4) is 0 Å². The maximum Gasteiger partial charge on any atom is 0.431 e. The molecule has 9 heteroatoms. The normalized spacial score (nSPS) is 41.0. The highest BCUT2D eigenvalue weighted by Gasteiger charge is 2.71. The van der Waals surface area contributed by atoms with E-state index in [1.807, 2.05) is 6.92 Å². The van der Waals surface area contributed by atoms with E-state index in [2.05, 4.69) is 13.8 Å². The number of hydrogen-bond donors (Lipinski definition) is 1. The van der Waals surface area contributed by atoms with Crippen LogP contribution in [-0.2, 0) is 4.79 Å². The van der Waals surface area contributed by atoms with E-state index in [9.17, 15) is 40.6 Å². The number of rotatable bonds is 5. The summed E-state index contributed by atoms with van der Waals surface area (Å²) in [7, 11) is 0. The van der Waals surface area contributed by atoms with Crippen molar-refractivity contribution in [1.29, 1.82) is 0 Å². The fourth-order valence-corrected chi connectivity index (χ4v) is 8.59. The van der Waals surface area contributed by atoms with Crippen LogP contribution in [0.2, 0.25) is 0 Å². The molecule has 0 saturated heterocycles. The summed E-state index contributed by atoms with van der Waals surface area (Å²) in [5.41, 5.74) is -4.09. The van der Waals surface area contributed by atoms with Gasteiger partial charge in [0.25, 0.3) is 5.67 Å². The molecule has 212 valence electrons. The summed E-state index contributed by atoms with van der Waals surface area (Å²) >= 11 is 0. The second-order valence-electron chi connectivity index (χ2n) is 12.8. The molecule has 0 aromatic carbocycles. The third kappa shape index (κ3) is 4.47. The van der Waals surface area contributed by atoms with Crippen molar-refractivity contribution in [2.24, 2.45) is 40.4 Å². The highest BCUT2D eigenvalue weighted by molar-refractivity contribution is 6.00. The number of ketones is 1. The van der Waals surface area contributed by atoms with Crippen LogP contribution in [-0.4, -0.2) is 35.0 Å². The fraction of sp³-hybridized carbons (Fsp3) is 0.893. The molecule has 0 spiro atoms. The summed E-state index contributed by atoms with van der Waals surface area (Å²) in [6.45, 7) is 8.02. The van der Waals surface area contributed by atoms with Gasteiger partial charge in [-0.25, -0.2) is 4.39 Å². The van der Waals surface area contributed by atoms with E-state index in [-0.39, 0.29) is 47.9 Å². The Bertz CT molecular complexity index is 961. The summed E-state index contributed by atoms with van der Waals surface area (Å²) in [5.74, 6) is -0.161. The first-order valence-corrected chi connectivity index (χ1v) is 13.5. The van der Waals surface area contributed by atoms with Crippen molar-refractivity contribution >= 4 is 5.78 Å². The van der Waals surface area contributed by atoms with E-state index in [1.165, 1.54) is 0 Å². The smallest absolute Gasteiger partial charge is 0.393 e. The van der Waals surface area contributed by atoms with Crippen molar-refractivity contribution in [2.75, 3.05) is 0 Å². The van der Waals surface area contributed by atoms with E-state index in [1.54, 1.807) is 6.92 Å². The SMILES string of the molecule is [2H][C@@H](C[C@@H](C)[C@H]1CC(=O)C2=C3[C@H](C)C[C@H]4C[C@@H](O)CC[C@]4(C)[C@H]3CC[C@@]21C)CC(F)(C(F)(F)F)C(F)(F)F. The molecule has 4 aliphatic rings. The third-order valence-corrected chi connectivity index (χ3v) is 10.7. The van der Waals surface area contributed by atoms with Crippen LogP contribution in [0, 0.1) is 40.4 Å². The summed E-state index contributed by atoms with van der Waals surface area (Å²) in [6, 6.07) is 0. The maximum absolute atomic E-state index is 14.3. The van der Waals surface area contributed by atoms with Gasteiger partial charge in [0.1, 0.15) is 0 Å². The highest BCUT2D eigenvalue weighted by Crippen LogP contribution is 2.66. The lowest BCUT2D eigenvalue weighted by Gasteiger charge is -2.58. The number of aliphatic hydroxyl groups excluding tert-OH is 1. The van der Waals surface area contributed by atoms with Gasteiger partial charge in [-0.3, -0.25) is 4.79 Å². The summed E-state index contributed by atoms with van der Waals surface area (Å²) < 4.78 is 101. The van der Waals surface area contributed by atoms with Crippen molar-refractivity contribution < 1.29 is 42.0 Å². The zero-order valence-electron chi connectivity index (χ0n) is 22.9. The van der Waals surface area contributed by atoms with E-state index >= 15 is 0 Å². The van der Waals surface area contributed by atoms with E-state index < -0.39 is 42.2 Å². The molecule has 0 aliphatic heterocycles. The predicted octanol–water partition coefficient (Wildman–Crippen LogP) is 8.13. The Kier molecular flexibility index (Phi) is 6.84. The summed E-state index contributed by atoms with van der Waals surface area (Å²) in [5, 5.41) is 10.3. The molecule has 0 radical (unpaired) electrons. The summed E-state index contributed by atoms with van der Waals surface area (Å²) in [6.07, 6.45) is -12.1. The van der Waals surface area contributed by atoms with Gasteiger partial charge in [-0.2, -0.15) is 26.3 Å². The van der Waals surface area contributed by atoms with Crippen LogP contribution in [0.1, 0.15) is 93.2 Å². The molecular weight excluding hydrogens is 501 g/mol. The largest absolute Gasteiger partial charge is 0.431 e. The van der Waals surface area contributed by atoms with E-state index in [0.717, 1.165) is 43.3 Å². The molecule has 0 aromatic heterocycles. The van der Waals surface area contributed by atoms with Gasteiger partial charge in [-0.1, -0.05) is 39.7 Å². The van der Waals surface area contributed by atoms with Crippen LogP contribution in [0.4, 0.5) is 30.7 Å². The Morgan fingerprint density at radius 2 is 1.68 bits per heavy atom. The molecule has 4 aliphatic carbocycles. The van der Waals surface area contributed by atoms with Crippen LogP contribution >= 0.6 is 0 Å². The number of Topliss-reactive ketones (excluding diaryl/α,β-unsaturated/α-hetero) is 1. The lowest BCUT2D eigenvalue weighted by atomic mass is 9.47. The van der Waals surface area contributed by atoms with Crippen molar-refractivity contribution in [3.05, 3.63) is 11.1 Å². The average Bonchev–Trinajstić information content (AvgIpc) is 3.04. The first kappa shape index (κ1) is 27.4. The first-order chi connectivity index (χ1) is 17.3. The molecule has 9 atom stereocenters. The van der Waals surface area contributed by atoms with E-state index in [0.29, 0.717) is 12.3 Å². The van der Waals surface area contributed by atoms with Gasteiger partial charge >= 0.3 is 12.4 Å². The number of allylic oxidation sites excluding steroid dienone is 2. The predicted molar refractivity (Wildman–Crippen MR) is 125 cm³/mol. The maximum atomic E-state index is 14.3. The minimum Gasteiger partial charge on any atom is -0.393 e. The van der Waals surface area contributed by atoms with Crippen molar-refractivity contribution in [3.63, 3.8) is 0 Å². The zero-order valence-corrected chi connectivity index (χ0v) is 21.9. The Morgan fingerprint density at radius 1 is 1.05 bits per heavy atom. The zero-order chi connectivity index (χ0) is 28.6. The fourth-order valence-electron chi connectivity index (χ4n) is 8.59. The van der Waals surface area contributed by atoms with Gasteiger partial charge in [0.15, 0.2) is 5.78 Å². The summed E-state index contributed by atoms with van der Waals surface area (Å²) in [4.78, 5) is 13.5. The van der Waals surface area contributed by atoms with Crippen molar-refractivity contribution in [1.82, 2.24) is 0 Å². The average molecular weight is 542 g/mol. The Balaban J connectivity index is 1.59. The van der Waals surface area contributed by atoms with Crippen LogP contribution in [0.5, 0.6) is 0 Å². The highest BCUT2D eigenvalue weighted by atomic mass is 19.4. The lowest BCUT2D eigenvalue weighted by Crippen LogP contribution is -2.53. The van der Waals surface area contributed by atoms with Crippen LogP contribution in [0.3, 0.4) is 0 Å². The number of carbonyl (C=O) groups is 1. The van der Waals surface area contributed by atoms with Gasteiger partial charge in [-0.05, 0) is 91.8 Å². The van der Waals surface area contributed by atoms with Crippen LogP contribution in [0.25, 0.3) is 0 Å². The molecule has 0 amide bonds. The monoisotopic (exact) mass is 541 g/mol. The molecule has 4 rings (SSSR count). The van der Waals surface area contributed by atoms with Gasteiger partial charge in [0, 0.05) is 13.4 Å². The minimum absolute atomic E-state index is 0.0132. The molecular formula is C28H39F7O2. The Hall–Kier alpha value is -1.12. The molecule has 0 unspecified atom stereocenters. The molecule has 37 heavy (non-hydrogen) atoms. The molecule has 0 heterocycles. The molecule has 1 N–H and O–H groups in total. The van der Waals surface area contributed by atoms with Gasteiger partial charge < -0.3 is 5.11 Å². The molecule has 0 bridgehead atoms. The molecule has 3 saturated carbocycles. The standard InChI is InChI=1S/C28H39F7O2/c1-15(6-5-9-26(29,27(30,31)32)28(33,34)35)20-14-21(37)23-22-16(2)12-17-13-18(36)7-10-24(17,3)19(22)8-11-25(20,23)4/h15-20,36H,5-14H2,1-4H3/t15-,16-,17+,18+,19+,20-,24+,25-/m1/s1/i5D/t5-,15+,16+,17-,18-,19-,20+,24-,25+/m0. The van der Waals surface area contributed by atoms with Gasteiger partial charge in [0.05, 0.1) is 6.10 Å². The van der Waals surface area contributed by atoms with E-state index in [4.69, 9.17) is 1.37 Å². The van der Waals surface area contributed by atoms with Gasteiger partial charge in [0.2, 0.25) is 0 Å². The first-order valence-electron chi connectivity index (χ1n) is 14.0. The second kappa shape index (κ2) is 9.22. The second-order valence-corrected chi connectivity index (χ2v) is 12.8. The quantitative estimate of drug-likeness (QED) is 0.357. The van der Waals surface area contributed by atoms with Crippen LogP contribution < -0.4 is 0 Å². The Labute approximate surface area is 215 Å². The topological polar surface area (TPSA) is 37.3 Å². The number of halogens is 7. The number of fused-ring (bicyclic) bond motifs is 4. The lowest BCUT2D eigenvalue weighted by molar-refractivity contribution is -0.343. The number of hydrogen-bond acceptors (Lipinski definition) is 2. The number of aliphatic hydroxyl groups is 1. The number of alkyl halides is 7. The molecule has 0 aromatic rings. The molecule has 3 fully saturated rings. The van der Waals surface area contributed by atoms with Crippen molar-refractivity contribution in [2.45, 2.75) is 116 Å². The third-order valence-electron chi connectivity index (χ3n) is 10.7. The Morgan fingerprint density at radius 3 is 2.27 bits per heavy atom. The number of carbonyl (C=O) groups excluding carboxylic acids is 1. The minimum atomic E-state index is -6.17. The van der Waals surface area contributed by atoms with Crippen LogP contribution in [0.15, 0.2) is 11.1 Å².